The van der Waals surface area contributed by atoms with Crippen LogP contribution < -0.4 is 10.4 Å². The Labute approximate surface area is 96.2 Å². The Bertz CT molecular complexity index is 523. The van der Waals surface area contributed by atoms with E-state index in [4.69, 9.17) is 10.7 Å². The van der Waals surface area contributed by atoms with Gasteiger partial charge in [0.15, 0.2) is 5.71 Å². The number of nitrogens with zero attached hydrogens (tertiary/aromatic N) is 3. The average molecular weight is 229 g/mol. The first kappa shape index (κ1) is 10.8. The second-order valence-electron chi connectivity index (χ2n) is 3.34. The summed E-state index contributed by atoms with van der Waals surface area (Å²) in [6.45, 7) is -0.113. The summed E-state index contributed by atoms with van der Waals surface area (Å²) >= 11 is 0. The lowest BCUT2D eigenvalue weighted by Gasteiger charge is -2.27. The second kappa shape index (κ2) is 4.02. The van der Waals surface area contributed by atoms with Crippen LogP contribution in [0.2, 0.25) is 0 Å². The van der Waals surface area contributed by atoms with Crippen molar-refractivity contribution >= 4 is 23.1 Å². The summed E-state index contributed by atoms with van der Waals surface area (Å²) in [4.78, 5) is 26.4. The lowest BCUT2D eigenvalue weighted by Crippen LogP contribution is -2.56. The molecule has 0 aliphatic carbocycles. The largest absolute Gasteiger partial charge is 0.292 e. The van der Waals surface area contributed by atoms with Crippen LogP contribution in [0.15, 0.2) is 18.3 Å². The van der Waals surface area contributed by atoms with Gasteiger partial charge in [-0.25, -0.2) is 4.98 Å². The highest BCUT2D eigenvalue weighted by atomic mass is 16.2. The van der Waals surface area contributed by atoms with Crippen molar-refractivity contribution in [1.29, 1.82) is 10.7 Å². The van der Waals surface area contributed by atoms with E-state index in [1.807, 2.05) is 6.07 Å². The van der Waals surface area contributed by atoms with Gasteiger partial charge in [-0.3, -0.25) is 25.4 Å². The first-order valence-electron chi connectivity index (χ1n) is 4.68. The molecule has 7 heteroatoms. The van der Waals surface area contributed by atoms with Gasteiger partial charge in [-0.15, -0.1) is 0 Å². The van der Waals surface area contributed by atoms with E-state index in [0.29, 0.717) is 5.69 Å². The van der Waals surface area contributed by atoms with Crippen molar-refractivity contribution in [3.8, 4) is 6.07 Å². The maximum absolute atomic E-state index is 11.3. The van der Waals surface area contributed by atoms with Gasteiger partial charge in [0.1, 0.15) is 18.3 Å². The molecule has 1 aromatic heterocycles. The Morgan fingerprint density at radius 1 is 1.47 bits per heavy atom. The Hall–Kier alpha value is -2.75. The average Bonchev–Trinajstić information content (AvgIpc) is 2.35. The van der Waals surface area contributed by atoms with Crippen LogP contribution >= 0.6 is 0 Å². The number of ketones is 1. The predicted molar refractivity (Wildman–Crippen MR) is 57.2 cm³/mol. The van der Waals surface area contributed by atoms with E-state index in [1.165, 1.54) is 17.3 Å². The highest BCUT2D eigenvalue weighted by Gasteiger charge is 2.28. The lowest BCUT2D eigenvalue weighted by molar-refractivity contribution is -0.119. The van der Waals surface area contributed by atoms with Crippen molar-refractivity contribution in [3.05, 3.63) is 24.0 Å². The van der Waals surface area contributed by atoms with E-state index in [1.54, 1.807) is 6.07 Å². The number of hydrazine groups is 1. The SMILES string of the molecule is N#Cc1ccc(N2CC(=O)C(=N)C(=O)N2)cn1. The lowest BCUT2D eigenvalue weighted by atomic mass is 10.2. The van der Waals surface area contributed by atoms with Crippen LogP contribution in [0.5, 0.6) is 0 Å². The number of hydrogen-bond donors (Lipinski definition) is 2. The van der Waals surface area contributed by atoms with E-state index in [-0.39, 0.29) is 12.2 Å². The molecule has 84 valence electrons. The molecule has 1 fully saturated rings. The van der Waals surface area contributed by atoms with Crippen LogP contribution in [-0.2, 0) is 9.59 Å². The number of hydrogen-bond acceptors (Lipinski definition) is 6. The molecule has 0 unspecified atom stereocenters. The van der Waals surface area contributed by atoms with Crippen molar-refractivity contribution in [2.24, 2.45) is 0 Å². The molecule has 0 bridgehead atoms. The Kier molecular flexibility index (Phi) is 2.54. The third-order valence-electron chi connectivity index (χ3n) is 2.22. The number of pyridine rings is 1. The number of rotatable bonds is 1. The molecule has 1 saturated heterocycles. The number of anilines is 1. The quantitative estimate of drug-likeness (QED) is 0.667. The number of Topliss-reactive ketones (excluding diaryl/α,β-unsaturated/α-hetero) is 1. The number of carbonyl (C=O) groups excluding carboxylic acids is 2. The van der Waals surface area contributed by atoms with E-state index >= 15 is 0 Å². The van der Waals surface area contributed by atoms with Gasteiger partial charge in [0, 0.05) is 0 Å². The third-order valence-corrected chi connectivity index (χ3v) is 2.22. The molecule has 7 nitrogen and oxygen atoms in total. The zero-order chi connectivity index (χ0) is 12.4. The topological polar surface area (TPSA) is 110 Å². The van der Waals surface area contributed by atoms with Crippen molar-refractivity contribution < 1.29 is 9.59 Å². The van der Waals surface area contributed by atoms with Gasteiger partial charge < -0.3 is 0 Å². The van der Waals surface area contributed by atoms with Crippen LogP contribution in [0.3, 0.4) is 0 Å². The monoisotopic (exact) mass is 229 g/mol. The minimum Gasteiger partial charge on any atom is -0.292 e. The minimum atomic E-state index is -0.745. The normalized spacial score (nSPS) is 15.5. The summed E-state index contributed by atoms with van der Waals surface area (Å²) < 4.78 is 0. The van der Waals surface area contributed by atoms with E-state index in [2.05, 4.69) is 10.4 Å². The maximum atomic E-state index is 11.3. The van der Waals surface area contributed by atoms with Crippen LogP contribution in [0.25, 0.3) is 0 Å². The summed E-state index contributed by atoms with van der Waals surface area (Å²) in [7, 11) is 0. The fourth-order valence-corrected chi connectivity index (χ4v) is 1.33. The molecule has 0 atom stereocenters. The number of nitrogens with one attached hydrogen (secondary N) is 2. The molecule has 1 aromatic rings. The number of amides is 1. The van der Waals surface area contributed by atoms with Crippen LogP contribution in [-0.4, -0.2) is 28.9 Å². The number of carbonyl (C=O) groups is 2. The van der Waals surface area contributed by atoms with Gasteiger partial charge >= 0.3 is 0 Å². The predicted octanol–water partition coefficient (Wildman–Crippen LogP) is -0.607. The summed E-state index contributed by atoms with van der Waals surface area (Å²) in [5, 5.41) is 17.0. The Morgan fingerprint density at radius 3 is 2.76 bits per heavy atom. The van der Waals surface area contributed by atoms with Crippen molar-refractivity contribution in [3.63, 3.8) is 0 Å². The molecule has 2 N–H and O–H groups in total. The number of nitriles is 1. The Morgan fingerprint density at radius 2 is 2.24 bits per heavy atom. The molecule has 0 saturated carbocycles. The molecule has 0 aromatic carbocycles. The van der Waals surface area contributed by atoms with Crippen molar-refractivity contribution in [2.75, 3.05) is 11.6 Å². The van der Waals surface area contributed by atoms with E-state index in [0.717, 1.165) is 0 Å². The molecule has 2 heterocycles. The molecule has 17 heavy (non-hydrogen) atoms. The summed E-state index contributed by atoms with van der Waals surface area (Å²) in [5.41, 5.74) is 2.55. The van der Waals surface area contributed by atoms with Gasteiger partial charge in [0.2, 0.25) is 5.78 Å². The molecular weight excluding hydrogens is 222 g/mol. The summed E-state index contributed by atoms with van der Waals surface area (Å²) in [6, 6.07) is 4.91. The molecule has 1 aliphatic rings. The number of aromatic nitrogens is 1. The van der Waals surface area contributed by atoms with Crippen LogP contribution in [0.1, 0.15) is 5.69 Å². The third kappa shape index (κ3) is 1.96. The van der Waals surface area contributed by atoms with Crippen molar-refractivity contribution in [2.45, 2.75) is 0 Å². The maximum Gasteiger partial charge on any atom is 0.291 e. The van der Waals surface area contributed by atoms with Gasteiger partial charge in [0.25, 0.3) is 5.91 Å². The molecule has 0 radical (unpaired) electrons. The van der Waals surface area contributed by atoms with Gasteiger partial charge in [-0.1, -0.05) is 0 Å². The summed E-state index contributed by atoms with van der Waals surface area (Å²) in [6.07, 6.45) is 1.38. The van der Waals surface area contributed by atoms with Gasteiger partial charge in [-0.2, -0.15) is 5.26 Å². The fraction of sp³-hybridized carbons (Fsp3) is 0.100. The first-order valence-corrected chi connectivity index (χ1v) is 4.68. The summed E-state index contributed by atoms with van der Waals surface area (Å²) in [5.74, 6) is -1.30. The zero-order valence-corrected chi connectivity index (χ0v) is 8.60. The van der Waals surface area contributed by atoms with Gasteiger partial charge in [-0.05, 0) is 12.1 Å². The molecule has 2 rings (SSSR count). The molecule has 0 spiro atoms. The van der Waals surface area contributed by atoms with E-state index in [9.17, 15) is 9.59 Å². The smallest absolute Gasteiger partial charge is 0.291 e. The molecular formula is C10H7N5O2. The van der Waals surface area contributed by atoms with E-state index < -0.39 is 17.4 Å². The highest BCUT2D eigenvalue weighted by Crippen LogP contribution is 2.12. The molecule has 1 aliphatic heterocycles. The van der Waals surface area contributed by atoms with Crippen LogP contribution in [0.4, 0.5) is 5.69 Å². The van der Waals surface area contributed by atoms with Crippen LogP contribution in [0, 0.1) is 16.7 Å². The standard InChI is InChI=1S/C10H7N5O2/c11-3-6-1-2-7(4-13-6)15-5-8(16)9(12)10(17)14-15/h1-2,4,12H,5H2,(H,14,17). The first-order chi connectivity index (χ1) is 8.11. The van der Waals surface area contributed by atoms with Crippen molar-refractivity contribution in [1.82, 2.24) is 10.4 Å². The van der Waals surface area contributed by atoms with Gasteiger partial charge in [0.05, 0.1) is 11.9 Å². The molecule has 1 amide bonds. The fourth-order valence-electron chi connectivity index (χ4n) is 1.33. The Balaban J connectivity index is 2.23. The highest BCUT2D eigenvalue weighted by molar-refractivity contribution is 6.66. The zero-order valence-electron chi connectivity index (χ0n) is 8.60. The minimum absolute atomic E-state index is 0.113. The second-order valence-corrected chi connectivity index (χ2v) is 3.34.